The van der Waals surface area contributed by atoms with Gasteiger partial charge in [-0.15, -0.1) is 0 Å². The number of aryl methyl sites for hydroxylation is 1. The number of carbonyl (C=O) groups excluding carboxylic acids is 2. The Morgan fingerprint density at radius 2 is 1.85 bits per heavy atom. The quantitative estimate of drug-likeness (QED) is 0.793. The number of nitrogens with zero attached hydrogens (tertiary/aromatic N) is 1. The van der Waals surface area contributed by atoms with E-state index in [2.05, 4.69) is 5.32 Å². The SMILES string of the molecule is COc1ccc(C)cc1CN(C)C(=O)CCNC(=O)Cc1ccccc1. The maximum absolute atomic E-state index is 12.3. The van der Waals surface area contributed by atoms with Gasteiger partial charge in [-0.05, 0) is 18.6 Å². The molecule has 0 aromatic heterocycles. The second-order valence-electron chi connectivity index (χ2n) is 6.33. The highest BCUT2D eigenvalue weighted by molar-refractivity contribution is 5.80. The van der Waals surface area contributed by atoms with Crippen LogP contribution in [0.5, 0.6) is 5.75 Å². The number of methoxy groups -OCH3 is 1. The van der Waals surface area contributed by atoms with Gasteiger partial charge in [-0.1, -0.05) is 48.0 Å². The molecule has 0 spiro atoms. The number of hydrogen-bond acceptors (Lipinski definition) is 3. The lowest BCUT2D eigenvalue weighted by Gasteiger charge is -2.19. The lowest BCUT2D eigenvalue weighted by atomic mass is 10.1. The minimum Gasteiger partial charge on any atom is -0.496 e. The molecule has 0 unspecified atom stereocenters. The van der Waals surface area contributed by atoms with Gasteiger partial charge in [0.05, 0.1) is 13.5 Å². The van der Waals surface area contributed by atoms with Gasteiger partial charge < -0.3 is 15.0 Å². The molecule has 0 aliphatic carbocycles. The summed E-state index contributed by atoms with van der Waals surface area (Å²) < 4.78 is 5.36. The largest absolute Gasteiger partial charge is 0.496 e. The molecular formula is C21H26N2O3. The van der Waals surface area contributed by atoms with E-state index in [4.69, 9.17) is 4.74 Å². The second kappa shape index (κ2) is 9.61. The Hall–Kier alpha value is -2.82. The molecule has 0 saturated carbocycles. The third-order valence-corrected chi connectivity index (χ3v) is 4.14. The smallest absolute Gasteiger partial charge is 0.224 e. The van der Waals surface area contributed by atoms with Crippen LogP contribution < -0.4 is 10.1 Å². The predicted molar refractivity (Wildman–Crippen MR) is 102 cm³/mol. The van der Waals surface area contributed by atoms with Crippen molar-refractivity contribution < 1.29 is 14.3 Å². The topological polar surface area (TPSA) is 58.6 Å². The Labute approximate surface area is 155 Å². The van der Waals surface area contributed by atoms with Crippen molar-refractivity contribution in [1.82, 2.24) is 10.2 Å². The van der Waals surface area contributed by atoms with Crippen molar-refractivity contribution in [3.05, 3.63) is 65.2 Å². The van der Waals surface area contributed by atoms with Gasteiger partial charge in [0, 0.05) is 32.1 Å². The van der Waals surface area contributed by atoms with Crippen molar-refractivity contribution in [2.75, 3.05) is 20.7 Å². The first-order chi connectivity index (χ1) is 12.5. The third-order valence-electron chi connectivity index (χ3n) is 4.14. The van der Waals surface area contributed by atoms with Crippen LogP contribution in [0.15, 0.2) is 48.5 Å². The Bertz CT molecular complexity index is 744. The highest BCUT2D eigenvalue weighted by Gasteiger charge is 2.13. The first kappa shape index (κ1) is 19.5. The molecule has 2 aromatic carbocycles. The summed E-state index contributed by atoms with van der Waals surface area (Å²) in [6, 6.07) is 15.4. The predicted octanol–water partition coefficient (Wildman–Crippen LogP) is 2.71. The van der Waals surface area contributed by atoms with Gasteiger partial charge in [-0.3, -0.25) is 9.59 Å². The van der Waals surface area contributed by atoms with Crippen LogP contribution in [0.3, 0.4) is 0 Å². The fourth-order valence-electron chi connectivity index (χ4n) is 2.72. The molecule has 1 N–H and O–H groups in total. The van der Waals surface area contributed by atoms with E-state index >= 15 is 0 Å². The van der Waals surface area contributed by atoms with Crippen LogP contribution >= 0.6 is 0 Å². The second-order valence-corrected chi connectivity index (χ2v) is 6.33. The maximum Gasteiger partial charge on any atom is 0.224 e. The summed E-state index contributed by atoms with van der Waals surface area (Å²) in [6.07, 6.45) is 0.594. The standard InChI is InChI=1S/C21H26N2O3/c1-16-9-10-19(26-3)18(13-16)15-23(2)21(25)11-12-22-20(24)14-17-7-5-4-6-8-17/h4-10,13H,11-12,14-15H2,1-3H3,(H,22,24). The summed E-state index contributed by atoms with van der Waals surface area (Å²) >= 11 is 0. The van der Waals surface area contributed by atoms with Crippen LogP contribution in [-0.4, -0.2) is 37.4 Å². The molecule has 5 heteroatoms. The number of benzene rings is 2. The number of ether oxygens (including phenoxy) is 1. The molecule has 5 nitrogen and oxygen atoms in total. The van der Waals surface area contributed by atoms with Gasteiger partial charge in [0.25, 0.3) is 0 Å². The number of carbonyl (C=O) groups is 2. The molecule has 2 aromatic rings. The molecule has 0 aliphatic heterocycles. The average molecular weight is 354 g/mol. The highest BCUT2D eigenvalue weighted by Crippen LogP contribution is 2.21. The van der Waals surface area contributed by atoms with Crippen LogP contribution in [0.1, 0.15) is 23.1 Å². The third kappa shape index (κ3) is 5.92. The van der Waals surface area contributed by atoms with E-state index in [1.165, 1.54) is 0 Å². The Kier molecular flexibility index (Phi) is 7.21. The van der Waals surface area contributed by atoms with Crippen molar-refractivity contribution in [3.8, 4) is 5.75 Å². The minimum absolute atomic E-state index is 0.0198. The first-order valence-electron chi connectivity index (χ1n) is 8.67. The average Bonchev–Trinajstić information content (AvgIpc) is 2.62. The van der Waals surface area contributed by atoms with Gasteiger partial charge in [0.15, 0.2) is 0 Å². The zero-order chi connectivity index (χ0) is 18.9. The maximum atomic E-state index is 12.3. The molecule has 0 fully saturated rings. The van der Waals surface area contributed by atoms with E-state index in [0.29, 0.717) is 19.5 Å². The van der Waals surface area contributed by atoms with Gasteiger partial charge in [-0.25, -0.2) is 0 Å². The van der Waals surface area contributed by atoms with E-state index in [1.54, 1.807) is 19.1 Å². The van der Waals surface area contributed by atoms with Crippen molar-refractivity contribution in [2.24, 2.45) is 0 Å². The molecule has 0 aliphatic rings. The normalized spacial score (nSPS) is 10.3. The lowest BCUT2D eigenvalue weighted by Crippen LogP contribution is -2.32. The van der Waals surface area contributed by atoms with Gasteiger partial charge in [0.2, 0.25) is 11.8 Å². The van der Waals surface area contributed by atoms with Crippen LogP contribution in [0.25, 0.3) is 0 Å². The molecule has 2 rings (SSSR count). The molecule has 0 bridgehead atoms. The van der Waals surface area contributed by atoms with E-state index in [0.717, 1.165) is 22.4 Å². The van der Waals surface area contributed by atoms with Gasteiger partial charge in [0.1, 0.15) is 5.75 Å². The first-order valence-corrected chi connectivity index (χ1v) is 8.67. The number of hydrogen-bond donors (Lipinski definition) is 1. The molecule has 26 heavy (non-hydrogen) atoms. The number of rotatable bonds is 8. The lowest BCUT2D eigenvalue weighted by molar-refractivity contribution is -0.130. The van der Waals surface area contributed by atoms with E-state index in [1.807, 2.05) is 55.5 Å². The highest BCUT2D eigenvalue weighted by atomic mass is 16.5. The van der Waals surface area contributed by atoms with Crippen LogP contribution in [0.4, 0.5) is 0 Å². The molecule has 0 heterocycles. The molecular weight excluding hydrogens is 328 g/mol. The van der Waals surface area contributed by atoms with Crippen LogP contribution in [0, 0.1) is 6.92 Å². The zero-order valence-corrected chi connectivity index (χ0v) is 15.6. The van der Waals surface area contributed by atoms with E-state index in [9.17, 15) is 9.59 Å². The van der Waals surface area contributed by atoms with Crippen LogP contribution in [0.2, 0.25) is 0 Å². The van der Waals surface area contributed by atoms with Gasteiger partial charge in [-0.2, -0.15) is 0 Å². The summed E-state index contributed by atoms with van der Waals surface area (Å²) in [5, 5.41) is 2.80. The van der Waals surface area contributed by atoms with Crippen molar-refractivity contribution in [1.29, 1.82) is 0 Å². The Morgan fingerprint density at radius 3 is 2.54 bits per heavy atom. The minimum atomic E-state index is -0.0768. The molecule has 0 atom stereocenters. The van der Waals surface area contributed by atoms with Crippen molar-refractivity contribution in [2.45, 2.75) is 26.3 Å². The summed E-state index contributed by atoms with van der Waals surface area (Å²) in [6.45, 7) is 2.81. The van der Waals surface area contributed by atoms with Crippen molar-refractivity contribution in [3.63, 3.8) is 0 Å². The Morgan fingerprint density at radius 1 is 1.12 bits per heavy atom. The molecule has 2 amide bonds. The summed E-state index contributed by atoms with van der Waals surface area (Å²) in [5.41, 5.74) is 3.05. The number of amides is 2. The monoisotopic (exact) mass is 354 g/mol. The fraction of sp³-hybridized carbons (Fsp3) is 0.333. The fourth-order valence-corrected chi connectivity index (χ4v) is 2.72. The van der Waals surface area contributed by atoms with E-state index < -0.39 is 0 Å². The summed E-state index contributed by atoms with van der Waals surface area (Å²) in [5.74, 6) is 0.673. The number of nitrogens with one attached hydrogen (secondary N) is 1. The summed E-state index contributed by atoms with van der Waals surface area (Å²) in [4.78, 5) is 25.9. The van der Waals surface area contributed by atoms with Crippen LogP contribution in [-0.2, 0) is 22.6 Å². The molecule has 0 saturated heterocycles. The van der Waals surface area contributed by atoms with Gasteiger partial charge >= 0.3 is 0 Å². The van der Waals surface area contributed by atoms with Crippen molar-refractivity contribution >= 4 is 11.8 Å². The van der Waals surface area contributed by atoms with E-state index in [-0.39, 0.29) is 18.2 Å². The zero-order valence-electron chi connectivity index (χ0n) is 15.6. The molecule has 0 radical (unpaired) electrons. The molecule has 138 valence electrons. The summed E-state index contributed by atoms with van der Waals surface area (Å²) in [7, 11) is 3.38. The Balaban J connectivity index is 1.78.